The van der Waals surface area contributed by atoms with E-state index < -0.39 is 6.85 Å². The Balaban J connectivity index is 1.42. The monoisotopic (exact) mass is 614 g/mol. The normalized spacial score (nSPS) is 13.4. The molecule has 0 spiro atoms. The largest absolute Gasteiger partial charge is 0.455 e. The van der Waals surface area contributed by atoms with Gasteiger partial charge in [-0.2, -0.15) is 0 Å². The van der Waals surface area contributed by atoms with Gasteiger partial charge in [-0.25, -0.2) is 4.98 Å². The van der Waals surface area contributed by atoms with Crippen molar-refractivity contribution in [3.8, 4) is 39.3 Å². The first-order valence-electron chi connectivity index (χ1n) is 18.3. The molecule has 8 rings (SSSR count). The Morgan fingerprint density at radius 2 is 1.30 bits per heavy atom. The molecular weight excluding hydrogens is 572 g/mol. The van der Waals surface area contributed by atoms with E-state index in [1.807, 2.05) is 30.3 Å². The fourth-order valence-corrected chi connectivity index (χ4v) is 6.83. The molecular formula is C44H38N2O. The SMILES string of the molecule is [2H]c1cccc2c1oc1c(-c3nc4ccccc4n3-c3c(C(C)C)cc(-c4ccc(-c5ccccc5)cc4)cc3C(C)C)cc(C([2H])([2H])[2H])cc12. The highest BCUT2D eigenvalue weighted by molar-refractivity contribution is 6.10. The predicted octanol–water partition coefficient (Wildman–Crippen LogP) is 12.5. The van der Waals surface area contributed by atoms with Crippen molar-refractivity contribution in [1.82, 2.24) is 9.55 Å². The van der Waals surface area contributed by atoms with E-state index in [0.717, 1.165) is 39.0 Å². The van der Waals surface area contributed by atoms with E-state index in [0.29, 0.717) is 33.3 Å². The lowest BCUT2D eigenvalue weighted by Gasteiger charge is -2.24. The van der Waals surface area contributed by atoms with Crippen LogP contribution in [0, 0.1) is 6.85 Å². The fraction of sp³-hybridized carbons (Fsp3) is 0.159. The predicted molar refractivity (Wildman–Crippen MR) is 198 cm³/mol. The Hall–Kier alpha value is -5.41. The third-order valence-electron chi connectivity index (χ3n) is 9.16. The van der Waals surface area contributed by atoms with E-state index >= 15 is 0 Å². The molecule has 0 radical (unpaired) electrons. The molecule has 0 bridgehead atoms. The van der Waals surface area contributed by atoms with Crippen molar-refractivity contribution in [2.75, 3.05) is 0 Å². The number of furan rings is 1. The van der Waals surface area contributed by atoms with Gasteiger partial charge in [0.2, 0.25) is 0 Å². The van der Waals surface area contributed by atoms with Crippen LogP contribution in [0.25, 0.3) is 72.3 Å². The average molecular weight is 615 g/mol. The molecule has 3 heteroatoms. The van der Waals surface area contributed by atoms with Crippen LogP contribution in [-0.2, 0) is 0 Å². The summed E-state index contributed by atoms with van der Waals surface area (Å²) in [5.74, 6) is 0.906. The highest BCUT2D eigenvalue weighted by atomic mass is 16.3. The van der Waals surface area contributed by atoms with E-state index in [1.54, 1.807) is 24.3 Å². The third kappa shape index (κ3) is 4.94. The Bertz CT molecular complexity index is 2550. The van der Waals surface area contributed by atoms with Crippen LogP contribution in [0.2, 0.25) is 0 Å². The molecule has 0 aliphatic heterocycles. The average Bonchev–Trinajstić information content (AvgIpc) is 3.70. The van der Waals surface area contributed by atoms with Crippen LogP contribution < -0.4 is 0 Å². The number of fused-ring (bicyclic) bond motifs is 4. The number of hydrogen-bond acceptors (Lipinski definition) is 2. The van der Waals surface area contributed by atoms with E-state index in [2.05, 4.69) is 99.0 Å². The number of aryl methyl sites for hydroxylation is 1. The Morgan fingerprint density at radius 1 is 0.660 bits per heavy atom. The molecule has 0 amide bonds. The summed E-state index contributed by atoms with van der Waals surface area (Å²) >= 11 is 0. The molecule has 2 heterocycles. The van der Waals surface area contributed by atoms with Gasteiger partial charge in [0.25, 0.3) is 0 Å². The van der Waals surface area contributed by atoms with Gasteiger partial charge in [-0.1, -0.05) is 113 Å². The molecule has 0 unspecified atom stereocenters. The molecule has 0 aliphatic carbocycles. The minimum absolute atomic E-state index is 0.154. The van der Waals surface area contributed by atoms with Crippen molar-refractivity contribution in [2.24, 2.45) is 0 Å². The zero-order valence-electron chi connectivity index (χ0n) is 31.0. The minimum Gasteiger partial charge on any atom is -0.455 e. The second-order valence-corrected chi connectivity index (χ2v) is 12.9. The number of benzene rings is 6. The third-order valence-corrected chi connectivity index (χ3v) is 9.16. The fourth-order valence-electron chi connectivity index (χ4n) is 6.83. The van der Waals surface area contributed by atoms with Crippen LogP contribution in [0.3, 0.4) is 0 Å². The lowest BCUT2D eigenvalue weighted by Crippen LogP contribution is -2.09. The summed E-state index contributed by atoms with van der Waals surface area (Å²) in [5.41, 5.74) is 11.4. The van der Waals surface area contributed by atoms with Crippen molar-refractivity contribution in [3.63, 3.8) is 0 Å². The molecule has 0 atom stereocenters. The van der Waals surface area contributed by atoms with Crippen molar-refractivity contribution < 1.29 is 9.90 Å². The van der Waals surface area contributed by atoms with Gasteiger partial charge in [-0.05, 0) is 100 Å². The molecule has 6 aromatic carbocycles. The van der Waals surface area contributed by atoms with Gasteiger partial charge < -0.3 is 4.42 Å². The minimum atomic E-state index is -2.37. The van der Waals surface area contributed by atoms with Crippen LogP contribution in [-0.4, -0.2) is 9.55 Å². The lowest BCUT2D eigenvalue weighted by atomic mass is 9.87. The number of rotatable bonds is 6. The summed E-state index contributed by atoms with van der Waals surface area (Å²) in [6.07, 6.45) is 0. The van der Waals surface area contributed by atoms with Gasteiger partial charge >= 0.3 is 0 Å². The lowest BCUT2D eigenvalue weighted by molar-refractivity contribution is 0.669. The summed E-state index contributed by atoms with van der Waals surface area (Å²) in [6, 6.07) is 40.8. The van der Waals surface area contributed by atoms with Gasteiger partial charge in [0.05, 0.1) is 23.7 Å². The number of aromatic nitrogens is 2. The topological polar surface area (TPSA) is 31.0 Å². The smallest absolute Gasteiger partial charge is 0.149 e. The van der Waals surface area contributed by atoms with Gasteiger partial charge in [-0.15, -0.1) is 0 Å². The van der Waals surface area contributed by atoms with Gasteiger partial charge in [0.1, 0.15) is 17.0 Å². The zero-order chi connectivity index (χ0) is 35.6. The summed E-state index contributed by atoms with van der Waals surface area (Å²) in [4.78, 5) is 5.22. The first kappa shape index (κ1) is 24.8. The van der Waals surface area contributed by atoms with Gasteiger partial charge in [0.15, 0.2) is 0 Å². The quantitative estimate of drug-likeness (QED) is 0.187. The number of para-hydroxylation sites is 3. The van der Waals surface area contributed by atoms with Crippen LogP contribution in [0.1, 0.15) is 61.7 Å². The van der Waals surface area contributed by atoms with Crippen molar-refractivity contribution in [2.45, 2.75) is 46.4 Å². The molecule has 2 aromatic heterocycles. The molecule has 230 valence electrons. The number of hydrogen-bond donors (Lipinski definition) is 0. The Labute approximate surface area is 281 Å². The molecule has 8 aromatic rings. The van der Waals surface area contributed by atoms with E-state index in [4.69, 9.17) is 14.9 Å². The maximum atomic E-state index is 8.58. The van der Waals surface area contributed by atoms with Crippen molar-refractivity contribution in [1.29, 1.82) is 0 Å². The van der Waals surface area contributed by atoms with Gasteiger partial charge in [-0.3, -0.25) is 4.57 Å². The highest BCUT2D eigenvalue weighted by Crippen LogP contribution is 2.43. The first-order valence-corrected chi connectivity index (χ1v) is 16.3. The highest BCUT2D eigenvalue weighted by Gasteiger charge is 2.25. The number of nitrogens with zero attached hydrogens (tertiary/aromatic N) is 2. The van der Waals surface area contributed by atoms with Crippen LogP contribution in [0.15, 0.2) is 132 Å². The van der Waals surface area contributed by atoms with Gasteiger partial charge in [0, 0.05) is 14.9 Å². The van der Waals surface area contributed by atoms with E-state index in [-0.39, 0.29) is 23.4 Å². The standard InChI is InChI=1S/C44H38N2O/c1-27(2)35-25-33(32-21-19-31(20-22-32)30-13-7-6-8-14-30)26-36(28(3)4)42(35)46-40-17-11-10-16-39(40)45-44(46)38-24-29(5)23-37-34-15-9-12-18-41(34)47-43(37)38/h6-28H,1-5H3/i5D3,18D. The molecule has 0 aliphatic rings. The molecule has 47 heavy (non-hydrogen) atoms. The maximum absolute atomic E-state index is 8.58. The maximum Gasteiger partial charge on any atom is 0.149 e. The molecule has 0 fully saturated rings. The van der Waals surface area contributed by atoms with Crippen LogP contribution >= 0.6 is 0 Å². The van der Waals surface area contributed by atoms with Crippen molar-refractivity contribution >= 4 is 33.0 Å². The van der Waals surface area contributed by atoms with E-state index in [9.17, 15) is 0 Å². The summed E-state index contributed by atoms with van der Waals surface area (Å²) in [7, 11) is 0. The second-order valence-electron chi connectivity index (χ2n) is 12.9. The van der Waals surface area contributed by atoms with Crippen LogP contribution in [0.4, 0.5) is 0 Å². The Morgan fingerprint density at radius 3 is 2.00 bits per heavy atom. The van der Waals surface area contributed by atoms with Crippen LogP contribution in [0.5, 0.6) is 0 Å². The number of imidazole rings is 1. The zero-order valence-corrected chi connectivity index (χ0v) is 27.0. The Kier molecular flexibility index (Phi) is 6.03. The second kappa shape index (κ2) is 11.4. The van der Waals surface area contributed by atoms with Crippen molar-refractivity contribution in [3.05, 3.63) is 144 Å². The molecule has 3 nitrogen and oxygen atoms in total. The first-order chi connectivity index (χ1) is 24.5. The summed E-state index contributed by atoms with van der Waals surface area (Å²) in [5, 5.41) is 1.37. The van der Waals surface area contributed by atoms with E-state index in [1.165, 1.54) is 11.1 Å². The molecule has 0 N–H and O–H groups in total. The molecule has 0 saturated heterocycles. The summed E-state index contributed by atoms with van der Waals surface area (Å²) in [6.45, 7) is 6.49. The summed E-state index contributed by atoms with van der Waals surface area (Å²) < 4.78 is 42.5. The molecule has 0 saturated carbocycles.